The second-order valence-corrected chi connectivity index (χ2v) is 24.0. The second-order valence-electron chi connectivity index (χ2n) is 15.0. The van der Waals surface area contributed by atoms with Gasteiger partial charge in [-0.05, 0) is 42.3 Å². The number of nitrogens with two attached hydrogens (primary N) is 1. The molecular weight excluding hydrogens is 770 g/mol. The first-order valence-corrected chi connectivity index (χ1v) is 23.9. The fourth-order valence-electron chi connectivity index (χ4n) is 6.86. The zero-order valence-corrected chi connectivity index (χ0v) is 33.0. The summed E-state index contributed by atoms with van der Waals surface area (Å²) in [7, 11) is -7.50. The fourth-order valence-corrected chi connectivity index (χ4v) is 10.3. The molecule has 0 spiro atoms. The van der Waals surface area contributed by atoms with E-state index in [0.717, 1.165) is 0 Å². The van der Waals surface area contributed by atoms with Crippen LogP contribution in [0.3, 0.4) is 0 Å². The Hall–Kier alpha value is -2.98. The van der Waals surface area contributed by atoms with Crippen LogP contribution in [0.25, 0.3) is 28.1 Å². The van der Waals surface area contributed by atoms with Crippen molar-refractivity contribution in [2.45, 2.75) is 75.9 Å². The molecule has 286 valence electrons. The zero-order valence-electron chi connectivity index (χ0n) is 29.4. The molecule has 8 rings (SSSR count). The van der Waals surface area contributed by atoms with Crippen LogP contribution < -0.4 is 11.3 Å². The van der Waals surface area contributed by atoms with E-state index in [1.54, 1.807) is 6.33 Å². The van der Waals surface area contributed by atoms with E-state index < -0.39 is 53.0 Å². The number of rotatable bonds is 4. The Labute approximate surface area is 308 Å². The van der Waals surface area contributed by atoms with Gasteiger partial charge in [-0.2, -0.15) is 0 Å². The molecule has 9 atom stereocenters. The second kappa shape index (κ2) is 13.1. The van der Waals surface area contributed by atoms with Crippen LogP contribution in [0.1, 0.15) is 39.5 Å². The molecule has 0 aromatic carbocycles. The number of nitrogens with one attached hydrogen (secondary N) is 1. The highest BCUT2D eigenvalue weighted by molar-refractivity contribution is 8.07. The quantitative estimate of drug-likeness (QED) is 0.150. The molecule has 1 aliphatic carbocycles. The molecule has 2 saturated heterocycles. The van der Waals surface area contributed by atoms with Crippen LogP contribution in [0.2, 0.25) is 18.1 Å². The lowest BCUT2D eigenvalue weighted by Crippen LogP contribution is -2.50. The van der Waals surface area contributed by atoms with Crippen LogP contribution in [0, 0.1) is 11.8 Å². The van der Waals surface area contributed by atoms with Crippen molar-refractivity contribution in [3.63, 3.8) is 0 Å². The number of H-pyrrole nitrogens is 1. The van der Waals surface area contributed by atoms with E-state index >= 15 is 0 Å². The number of nitrogen functional groups attached to an aromatic ring is 1. The van der Waals surface area contributed by atoms with E-state index in [1.165, 1.54) is 34.0 Å². The normalized spacial score (nSPS) is 33.2. The van der Waals surface area contributed by atoms with Gasteiger partial charge in [0.05, 0.1) is 32.5 Å². The Morgan fingerprint density at radius 1 is 1.04 bits per heavy atom. The molecule has 20 nitrogen and oxygen atoms in total. The maximum atomic E-state index is 14.0. The van der Waals surface area contributed by atoms with Crippen molar-refractivity contribution in [1.82, 2.24) is 43.4 Å². The predicted molar refractivity (Wildman–Crippen MR) is 195 cm³/mol. The maximum absolute atomic E-state index is 14.0. The van der Waals surface area contributed by atoms with Gasteiger partial charge in [0.1, 0.15) is 35.8 Å². The first-order chi connectivity index (χ1) is 24.9. The third-order valence-corrected chi connectivity index (χ3v) is 17.9. The molecule has 1 saturated carbocycles. The third kappa shape index (κ3) is 6.61. The average molecular weight is 811 g/mol. The summed E-state index contributed by atoms with van der Waals surface area (Å²) in [6, 6.07) is -0.255. The Bertz CT molecular complexity index is 2360. The minimum atomic E-state index is -4.84. The number of hydrogen-bond donors (Lipinski definition) is 4. The highest BCUT2D eigenvalue weighted by atomic mass is 32.5. The van der Waals surface area contributed by atoms with E-state index in [1.807, 2.05) is 38.4 Å². The number of phosphoric ester groups is 1. The van der Waals surface area contributed by atoms with Gasteiger partial charge in [-0.15, -0.1) is 0 Å². The summed E-state index contributed by atoms with van der Waals surface area (Å²) in [6.07, 6.45) is 3.20. The van der Waals surface area contributed by atoms with Crippen molar-refractivity contribution in [2.75, 3.05) is 25.6 Å². The minimum Gasteiger partial charge on any atom is -0.408 e. The lowest BCUT2D eigenvalue weighted by atomic mass is 9.70. The summed E-state index contributed by atoms with van der Waals surface area (Å²) in [4.78, 5) is 60.3. The van der Waals surface area contributed by atoms with E-state index in [-0.39, 0.29) is 65.5 Å². The van der Waals surface area contributed by atoms with Crippen molar-refractivity contribution >= 4 is 68.6 Å². The van der Waals surface area contributed by atoms with Gasteiger partial charge < -0.3 is 43.3 Å². The van der Waals surface area contributed by atoms with Crippen molar-refractivity contribution in [3.8, 4) is 0 Å². The van der Waals surface area contributed by atoms with Gasteiger partial charge in [0.2, 0.25) is 5.78 Å². The van der Waals surface area contributed by atoms with E-state index in [0.29, 0.717) is 17.6 Å². The Kier molecular flexibility index (Phi) is 9.11. The molecule has 2 aliphatic heterocycles. The van der Waals surface area contributed by atoms with Gasteiger partial charge in [-0.1, -0.05) is 20.8 Å². The van der Waals surface area contributed by atoms with Crippen LogP contribution in [-0.2, 0) is 43.6 Å². The summed E-state index contributed by atoms with van der Waals surface area (Å²) >= 11 is 5.48. The molecule has 5 aromatic heterocycles. The van der Waals surface area contributed by atoms with Gasteiger partial charge in [0, 0.05) is 24.4 Å². The first-order valence-electron chi connectivity index (χ1n) is 16.9. The van der Waals surface area contributed by atoms with E-state index in [2.05, 4.69) is 29.9 Å². The van der Waals surface area contributed by atoms with Gasteiger partial charge in [0.25, 0.3) is 5.56 Å². The maximum Gasteiger partial charge on any atom is 0.472 e. The third-order valence-electron chi connectivity index (χ3n) is 10.8. The smallest absolute Gasteiger partial charge is 0.408 e. The van der Waals surface area contributed by atoms with Crippen molar-refractivity contribution in [1.29, 1.82) is 0 Å². The number of fused-ring (bicyclic) bond motifs is 6. The molecule has 5 N–H and O–H groups in total. The molecule has 0 radical (unpaired) electrons. The number of aromatic nitrogens is 9. The molecular formula is C29H40N10O10P2SSi. The lowest BCUT2D eigenvalue weighted by molar-refractivity contribution is -0.0490. The number of anilines is 1. The minimum absolute atomic E-state index is 0.0680. The summed E-state index contributed by atoms with van der Waals surface area (Å²) in [5, 5.41) is -0.302. The molecule has 24 heteroatoms. The molecule has 2 bridgehead atoms. The number of nitrogens with zero attached hydrogens (tertiary/aromatic N) is 8. The molecule has 5 aromatic rings. The number of hydrogen-bond acceptors (Lipinski definition) is 15. The zero-order chi connectivity index (χ0) is 37.7. The van der Waals surface area contributed by atoms with Crippen LogP contribution in [-0.4, -0.2) is 99.7 Å². The number of phosphoric acid groups is 1. The molecule has 3 unspecified atom stereocenters. The first kappa shape index (κ1) is 37.0. The summed E-state index contributed by atoms with van der Waals surface area (Å²) < 4.78 is 55.5. The van der Waals surface area contributed by atoms with Crippen LogP contribution in [0.4, 0.5) is 5.82 Å². The summed E-state index contributed by atoms with van der Waals surface area (Å²) in [5.74, 6) is -0.229. The molecule has 3 fully saturated rings. The van der Waals surface area contributed by atoms with Crippen molar-refractivity contribution in [3.05, 3.63) is 41.7 Å². The highest BCUT2D eigenvalue weighted by Crippen LogP contribution is 2.56. The SMILES string of the molecule is CC(C)(C)[Si](C)(C)OC1[C@H]2OP(=O)(O)OC[C@H]3C[C@@H](n4cnc5c(N)ncnc54)[C@@H]3COP(O)(=S)OC[C@H]1O[C@H]2n1cnc2c(=O)n3ccnc3[nH]c21. The molecule has 53 heavy (non-hydrogen) atoms. The number of aromatic amines is 1. The Balaban J connectivity index is 1.16. The van der Waals surface area contributed by atoms with Crippen molar-refractivity contribution < 1.29 is 41.6 Å². The Morgan fingerprint density at radius 2 is 1.77 bits per heavy atom. The highest BCUT2D eigenvalue weighted by Gasteiger charge is 2.55. The van der Waals surface area contributed by atoms with E-state index in [4.69, 9.17) is 44.8 Å². The topological polar surface area (TPSA) is 251 Å². The molecule has 7 heterocycles. The summed E-state index contributed by atoms with van der Waals surface area (Å²) in [6.45, 7) is 5.67. The van der Waals surface area contributed by atoms with Gasteiger partial charge in [-0.25, -0.2) is 33.9 Å². The molecule has 0 amide bonds. The fraction of sp³-hybridized carbons (Fsp3) is 0.586. The Morgan fingerprint density at radius 3 is 2.55 bits per heavy atom. The van der Waals surface area contributed by atoms with Crippen LogP contribution in [0.5, 0.6) is 0 Å². The van der Waals surface area contributed by atoms with Crippen molar-refractivity contribution in [2.24, 2.45) is 11.8 Å². The number of imidazole rings is 3. The average Bonchev–Trinajstić information content (AvgIpc) is 3.86. The van der Waals surface area contributed by atoms with Gasteiger partial charge in [-0.3, -0.25) is 18.4 Å². The van der Waals surface area contributed by atoms with Crippen LogP contribution >= 0.6 is 14.5 Å². The van der Waals surface area contributed by atoms with Gasteiger partial charge in [0.15, 0.2) is 31.5 Å². The number of ether oxygens (including phenoxy) is 1. The standard InChI is InChI=1S/C29H40N10O10P2SSi/c1-29(2,3)53(4,5)49-21-18-11-46-51(43,52)45-10-16-15(8-17(16)38-13-34-19-23(30)32-12-33-24(19)38)9-44-50(41,42)48-22(21)27(47-18)39-14-35-20-25(39)36-28-31-6-7-37(28)26(20)40/h6-7,12-18,21-22,27H,8-11H2,1-5H3,(H,31,36)(H,41,42)(H,43,52)(H2,30,32,33)/t15-,16-,17-,18-,21?,22-,27-,51?/m1/s1. The van der Waals surface area contributed by atoms with Gasteiger partial charge >= 0.3 is 14.5 Å². The van der Waals surface area contributed by atoms with E-state index in [9.17, 15) is 19.1 Å². The largest absolute Gasteiger partial charge is 0.472 e. The summed E-state index contributed by atoms with van der Waals surface area (Å²) in [5.41, 5.74) is 6.81. The predicted octanol–water partition coefficient (Wildman–Crippen LogP) is 3.03. The van der Waals surface area contributed by atoms with Crippen LogP contribution in [0.15, 0.2) is 36.2 Å². The molecule has 3 aliphatic rings. The lowest BCUT2D eigenvalue weighted by Gasteiger charge is -2.45. The monoisotopic (exact) mass is 810 g/mol.